The van der Waals surface area contributed by atoms with Gasteiger partial charge >= 0.3 is 5.97 Å². The van der Waals surface area contributed by atoms with Crippen LogP contribution in [-0.4, -0.2) is 38.2 Å². The molecule has 0 aliphatic rings. The summed E-state index contributed by atoms with van der Waals surface area (Å²) in [5.74, 6) is 0.0299. The third kappa shape index (κ3) is 6.14. The molecule has 0 bridgehead atoms. The van der Waals surface area contributed by atoms with E-state index in [1.807, 2.05) is 50.2 Å². The normalized spacial score (nSPS) is 11.9. The second-order valence-electron chi connectivity index (χ2n) is 7.40. The topological polar surface area (TPSA) is 94.1 Å². The lowest BCUT2D eigenvalue weighted by atomic mass is 10.1. The molecule has 32 heavy (non-hydrogen) atoms. The number of ether oxygens (including phenoxy) is 1. The number of thiazole rings is 1. The fourth-order valence-electron chi connectivity index (χ4n) is 2.92. The quantitative estimate of drug-likeness (QED) is 0.271. The molecule has 3 rings (SSSR count). The van der Waals surface area contributed by atoms with Crippen molar-refractivity contribution in [3.8, 4) is 11.3 Å². The molecule has 0 radical (unpaired) electrons. The Morgan fingerprint density at radius 1 is 1.12 bits per heavy atom. The van der Waals surface area contributed by atoms with Crippen molar-refractivity contribution < 1.29 is 14.3 Å². The molecule has 0 aliphatic carbocycles. The van der Waals surface area contributed by atoms with Gasteiger partial charge in [0, 0.05) is 5.56 Å². The van der Waals surface area contributed by atoms with Crippen LogP contribution in [0.3, 0.4) is 0 Å². The van der Waals surface area contributed by atoms with Gasteiger partial charge in [0.25, 0.3) is 0 Å². The Balaban J connectivity index is 1.74. The minimum absolute atomic E-state index is 0.187. The molecule has 0 fully saturated rings. The average molecular weight is 471 g/mol. The molecule has 0 spiro atoms. The van der Waals surface area contributed by atoms with Gasteiger partial charge < -0.3 is 10.1 Å². The summed E-state index contributed by atoms with van der Waals surface area (Å²) in [7, 11) is 0. The summed E-state index contributed by atoms with van der Waals surface area (Å²) in [6.07, 6.45) is 0.382. The lowest BCUT2D eigenvalue weighted by molar-refractivity contribution is -0.115. The highest BCUT2D eigenvalue weighted by Gasteiger charge is 2.23. The van der Waals surface area contributed by atoms with Gasteiger partial charge in [-0.2, -0.15) is 0 Å². The number of nitrogens with zero attached hydrogens (tertiary/aromatic N) is 3. The van der Waals surface area contributed by atoms with Gasteiger partial charge in [0.05, 0.1) is 22.7 Å². The van der Waals surface area contributed by atoms with Gasteiger partial charge in [-0.1, -0.05) is 60.4 Å². The van der Waals surface area contributed by atoms with Crippen LogP contribution in [0.5, 0.6) is 0 Å². The van der Waals surface area contributed by atoms with Crippen molar-refractivity contribution >= 4 is 40.1 Å². The zero-order valence-electron chi connectivity index (χ0n) is 18.7. The van der Waals surface area contributed by atoms with Gasteiger partial charge in [0.15, 0.2) is 5.13 Å². The highest BCUT2D eigenvalue weighted by atomic mass is 32.2. The minimum Gasteiger partial charge on any atom is -0.459 e. The third-order valence-electron chi connectivity index (χ3n) is 4.37. The fourth-order valence-corrected chi connectivity index (χ4v) is 4.76. The number of nitrogens with one attached hydrogen (secondary N) is 1. The molecule has 0 aliphatic heterocycles. The number of benzene rings is 1. The summed E-state index contributed by atoms with van der Waals surface area (Å²) in [5.41, 5.74) is 2.35. The van der Waals surface area contributed by atoms with Crippen LogP contribution in [0.4, 0.5) is 5.13 Å². The maximum absolute atomic E-state index is 12.9. The zero-order valence-corrected chi connectivity index (χ0v) is 20.3. The molecule has 1 amide bonds. The molecular weight excluding hydrogens is 444 g/mol. The average Bonchev–Trinajstić information content (AvgIpc) is 3.11. The van der Waals surface area contributed by atoms with Crippen LogP contribution in [0.1, 0.15) is 48.4 Å². The maximum Gasteiger partial charge on any atom is 0.350 e. The molecular formula is C23H26N4O3S2. The van der Waals surface area contributed by atoms with E-state index in [0.29, 0.717) is 27.9 Å². The number of hydrogen-bond acceptors (Lipinski definition) is 8. The van der Waals surface area contributed by atoms with Crippen LogP contribution in [0, 0.1) is 13.8 Å². The molecule has 1 atom stereocenters. The SMILES string of the molecule is CCC(Sc1cc(-c2ccccc2)nc(C)n1)C(=O)Nc1nc(C)c(C(=O)OC(C)C)s1. The summed E-state index contributed by atoms with van der Waals surface area (Å²) in [6, 6.07) is 11.8. The van der Waals surface area contributed by atoms with E-state index < -0.39 is 5.97 Å². The summed E-state index contributed by atoms with van der Waals surface area (Å²) in [6.45, 7) is 9.09. The number of aryl methyl sites for hydroxylation is 2. The van der Waals surface area contributed by atoms with Gasteiger partial charge in [-0.25, -0.2) is 19.7 Å². The van der Waals surface area contributed by atoms with Crippen molar-refractivity contribution in [3.63, 3.8) is 0 Å². The van der Waals surface area contributed by atoms with Crippen molar-refractivity contribution in [2.75, 3.05) is 5.32 Å². The Morgan fingerprint density at radius 2 is 1.84 bits per heavy atom. The number of amides is 1. The van der Waals surface area contributed by atoms with Gasteiger partial charge in [-0.3, -0.25) is 4.79 Å². The van der Waals surface area contributed by atoms with E-state index in [2.05, 4.69) is 20.3 Å². The molecule has 0 saturated heterocycles. The smallest absolute Gasteiger partial charge is 0.350 e. The summed E-state index contributed by atoms with van der Waals surface area (Å²) in [5, 5.41) is 3.58. The highest BCUT2D eigenvalue weighted by Crippen LogP contribution is 2.30. The molecule has 2 heterocycles. The third-order valence-corrected chi connectivity index (χ3v) is 6.70. The predicted octanol–water partition coefficient (Wildman–Crippen LogP) is 5.29. The number of carbonyl (C=O) groups excluding carboxylic acids is 2. The van der Waals surface area contributed by atoms with Gasteiger partial charge in [0.2, 0.25) is 5.91 Å². The monoisotopic (exact) mass is 470 g/mol. The highest BCUT2D eigenvalue weighted by molar-refractivity contribution is 8.00. The van der Waals surface area contributed by atoms with E-state index >= 15 is 0 Å². The summed E-state index contributed by atoms with van der Waals surface area (Å²) < 4.78 is 5.24. The Labute approximate surface area is 196 Å². The van der Waals surface area contributed by atoms with E-state index in [0.717, 1.165) is 27.6 Å². The Morgan fingerprint density at radius 3 is 2.50 bits per heavy atom. The first kappa shape index (κ1) is 23.9. The number of hydrogen-bond donors (Lipinski definition) is 1. The molecule has 1 N–H and O–H groups in total. The van der Waals surface area contributed by atoms with Crippen molar-refractivity contribution in [1.29, 1.82) is 0 Å². The van der Waals surface area contributed by atoms with E-state index in [-0.39, 0.29) is 17.3 Å². The predicted molar refractivity (Wildman–Crippen MR) is 128 cm³/mol. The summed E-state index contributed by atoms with van der Waals surface area (Å²) in [4.78, 5) is 38.9. The minimum atomic E-state index is -0.429. The van der Waals surface area contributed by atoms with Crippen LogP contribution >= 0.6 is 23.1 Å². The maximum atomic E-state index is 12.9. The molecule has 2 aromatic heterocycles. The first-order chi connectivity index (χ1) is 15.3. The number of aromatic nitrogens is 3. The number of thioether (sulfide) groups is 1. The molecule has 1 unspecified atom stereocenters. The lowest BCUT2D eigenvalue weighted by Gasteiger charge is -2.14. The Kier molecular flexibility index (Phi) is 7.98. The number of rotatable bonds is 8. The van der Waals surface area contributed by atoms with Gasteiger partial charge in [0.1, 0.15) is 15.7 Å². The fraction of sp³-hybridized carbons (Fsp3) is 0.348. The van der Waals surface area contributed by atoms with Gasteiger partial charge in [-0.05, 0) is 40.2 Å². The second-order valence-corrected chi connectivity index (χ2v) is 9.62. The van der Waals surface area contributed by atoms with Crippen LogP contribution in [0.15, 0.2) is 41.4 Å². The summed E-state index contributed by atoms with van der Waals surface area (Å²) >= 11 is 2.51. The van der Waals surface area contributed by atoms with Crippen molar-refractivity contribution in [3.05, 3.63) is 52.8 Å². The van der Waals surface area contributed by atoms with E-state index in [1.165, 1.54) is 11.8 Å². The number of esters is 1. The standard InChI is InChI=1S/C23H26N4O3S2/c1-6-18(21(28)27-23-24-14(4)20(32-23)22(29)30-13(2)3)31-19-12-17(25-15(5)26-19)16-10-8-7-9-11-16/h7-13,18H,6H2,1-5H3,(H,24,27,28). The largest absolute Gasteiger partial charge is 0.459 e. The first-order valence-corrected chi connectivity index (χ1v) is 12.0. The Bertz CT molecular complexity index is 1100. The molecule has 0 saturated carbocycles. The van der Waals surface area contributed by atoms with Crippen molar-refractivity contribution in [1.82, 2.24) is 15.0 Å². The molecule has 3 aromatic rings. The molecule has 1 aromatic carbocycles. The number of carbonyl (C=O) groups is 2. The van der Waals surface area contributed by atoms with Crippen LogP contribution in [-0.2, 0) is 9.53 Å². The van der Waals surface area contributed by atoms with Crippen molar-refractivity contribution in [2.24, 2.45) is 0 Å². The molecule has 9 heteroatoms. The zero-order chi connectivity index (χ0) is 23.3. The van der Waals surface area contributed by atoms with Crippen molar-refractivity contribution in [2.45, 2.75) is 57.4 Å². The van der Waals surface area contributed by atoms with Crippen LogP contribution in [0.2, 0.25) is 0 Å². The first-order valence-electron chi connectivity index (χ1n) is 10.3. The van der Waals surface area contributed by atoms with E-state index in [4.69, 9.17) is 4.74 Å². The van der Waals surface area contributed by atoms with E-state index in [9.17, 15) is 9.59 Å². The molecule has 168 valence electrons. The molecule has 7 nitrogen and oxygen atoms in total. The lowest BCUT2D eigenvalue weighted by Crippen LogP contribution is -2.24. The van der Waals surface area contributed by atoms with Crippen LogP contribution < -0.4 is 5.32 Å². The Hall–Kier alpha value is -2.78. The van der Waals surface area contributed by atoms with E-state index in [1.54, 1.807) is 20.8 Å². The van der Waals surface area contributed by atoms with Crippen LogP contribution in [0.25, 0.3) is 11.3 Å². The second kappa shape index (κ2) is 10.7. The van der Waals surface area contributed by atoms with Gasteiger partial charge in [-0.15, -0.1) is 0 Å². The number of anilines is 1.